The molecule has 0 saturated carbocycles. The molecule has 0 amide bonds. The average molecular weight is 324 g/mol. The third-order valence-electron chi connectivity index (χ3n) is 2.02. The van der Waals surface area contributed by atoms with Gasteiger partial charge in [-0.3, -0.25) is 4.72 Å². The molecule has 0 radical (unpaired) electrons. The third-order valence-corrected chi connectivity index (χ3v) is 3.05. The van der Waals surface area contributed by atoms with Gasteiger partial charge in [0.15, 0.2) is 0 Å². The monoisotopic (exact) mass is 324 g/mol. The number of rotatable bonds is 6. The fraction of sp³-hybridized carbons (Fsp3) is 0.182. The fourth-order valence-corrected chi connectivity index (χ4v) is 2.10. The van der Waals surface area contributed by atoms with Crippen LogP contribution in [0.3, 0.4) is 0 Å². The predicted molar refractivity (Wildman–Crippen MR) is 69.7 cm³/mol. The van der Waals surface area contributed by atoms with E-state index in [1.807, 2.05) is 4.72 Å². The molecule has 0 aliphatic rings. The number of alkyl halides is 3. The van der Waals surface area contributed by atoms with Crippen molar-refractivity contribution in [3.8, 4) is 0 Å². The maximum absolute atomic E-state index is 11.9. The summed E-state index contributed by atoms with van der Waals surface area (Å²) < 4.78 is 61.9. The van der Waals surface area contributed by atoms with Gasteiger partial charge in [0, 0.05) is 6.08 Å². The van der Waals surface area contributed by atoms with Gasteiger partial charge in [-0.15, -0.1) is 0 Å². The van der Waals surface area contributed by atoms with Crippen LogP contribution in [0.4, 0.5) is 18.9 Å². The molecule has 0 aliphatic carbocycles. The van der Waals surface area contributed by atoms with E-state index in [4.69, 9.17) is 5.11 Å². The van der Waals surface area contributed by atoms with Crippen molar-refractivity contribution in [3.05, 3.63) is 35.9 Å². The van der Waals surface area contributed by atoms with Crippen LogP contribution in [0.25, 0.3) is 6.08 Å². The van der Waals surface area contributed by atoms with E-state index >= 15 is 0 Å². The highest BCUT2D eigenvalue weighted by Crippen LogP contribution is 2.15. The average Bonchev–Trinajstić information content (AvgIpc) is 2.33. The summed E-state index contributed by atoms with van der Waals surface area (Å²) in [5.41, 5.74) is 0.366. The van der Waals surface area contributed by atoms with Crippen LogP contribution in [-0.2, 0) is 15.0 Å². The molecule has 0 aromatic heterocycles. The lowest BCUT2D eigenvalue weighted by molar-refractivity contribution is -0.131. The molecule has 0 fully saturated rings. The van der Waals surface area contributed by atoms with Gasteiger partial charge in [0.2, 0.25) is 0 Å². The molecule has 1 aromatic carbocycles. The first-order valence-corrected chi connectivity index (χ1v) is 6.91. The Morgan fingerprint density at radius 2 is 2.00 bits per heavy atom. The van der Waals surface area contributed by atoms with Crippen molar-refractivity contribution in [1.29, 1.82) is 0 Å². The Balaban J connectivity index is 2.78. The molecule has 3 N–H and O–H groups in total. The van der Waals surface area contributed by atoms with Crippen LogP contribution in [0.2, 0.25) is 0 Å². The number of benzene rings is 1. The molecule has 0 atom stereocenters. The second kappa shape index (κ2) is 6.59. The number of carbonyl (C=O) groups is 1. The van der Waals surface area contributed by atoms with Crippen molar-refractivity contribution in [2.24, 2.45) is 0 Å². The standard InChI is InChI=1S/C11H11F3N2O4S/c12-11(13,14)7-15-21(19,20)16-9-3-1-2-8(6-9)4-5-10(17)18/h1-6,15-16H,7H2,(H,17,18)/b5-4+. The van der Waals surface area contributed by atoms with E-state index in [-0.39, 0.29) is 5.69 Å². The third kappa shape index (κ3) is 7.32. The lowest BCUT2D eigenvalue weighted by Crippen LogP contribution is -2.37. The molecule has 0 bridgehead atoms. The van der Waals surface area contributed by atoms with Crippen LogP contribution in [0.15, 0.2) is 30.3 Å². The number of hydrogen-bond acceptors (Lipinski definition) is 3. The van der Waals surface area contributed by atoms with Gasteiger partial charge in [-0.2, -0.15) is 26.3 Å². The predicted octanol–water partition coefficient (Wildman–Crippen LogP) is 1.59. The lowest BCUT2D eigenvalue weighted by Gasteiger charge is -2.11. The van der Waals surface area contributed by atoms with Crippen LogP contribution in [0, 0.1) is 0 Å². The number of carboxylic acid groups (broad SMARTS) is 1. The van der Waals surface area contributed by atoms with Crippen molar-refractivity contribution in [3.63, 3.8) is 0 Å². The van der Waals surface area contributed by atoms with Crippen molar-refractivity contribution < 1.29 is 31.5 Å². The van der Waals surface area contributed by atoms with Gasteiger partial charge in [0.25, 0.3) is 10.2 Å². The quantitative estimate of drug-likeness (QED) is 0.693. The number of anilines is 1. The summed E-state index contributed by atoms with van der Waals surface area (Å²) in [6.45, 7) is -1.69. The zero-order valence-corrected chi connectivity index (χ0v) is 11.2. The SMILES string of the molecule is O=C(O)/C=C/c1cccc(NS(=O)(=O)NCC(F)(F)F)c1. The van der Waals surface area contributed by atoms with Gasteiger partial charge >= 0.3 is 12.1 Å². The van der Waals surface area contributed by atoms with E-state index in [1.165, 1.54) is 35.1 Å². The molecule has 6 nitrogen and oxygen atoms in total. The molecule has 10 heteroatoms. The van der Waals surface area contributed by atoms with Gasteiger partial charge in [0.1, 0.15) is 6.54 Å². The molecule has 0 heterocycles. The second-order valence-corrected chi connectivity index (χ2v) is 5.34. The maximum atomic E-state index is 11.9. The van der Waals surface area contributed by atoms with E-state index in [0.29, 0.717) is 5.56 Å². The van der Waals surface area contributed by atoms with Crippen LogP contribution in [0.1, 0.15) is 5.56 Å². The number of aliphatic carboxylic acids is 1. The van der Waals surface area contributed by atoms with E-state index in [2.05, 4.69) is 0 Å². The first kappa shape index (κ1) is 17.0. The molecule has 1 aromatic rings. The summed E-state index contributed by atoms with van der Waals surface area (Å²) in [6.07, 6.45) is -2.61. The summed E-state index contributed by atoms with van der Waals surface area (Å²) in [6, 6.07) is 5.50. The van der Waals surface area contributed by atoms with Crippen molar-refractivity contribution in [2.75, 3.05) is 11.3 Å². The highest BCUT2D eigenvalue weighted by molar-refractivity contribution is 7.90. The molecular formula is C11H11F3N2O4S. The highest BCUT2D eigenvalue weighted by atomic mass is 32.2. The molecule has 0 saturated heterocycles. The Morgan fingerprint density at radius 1 is 1.33 bits per heavy atom. The Kier molecular flexibility index (Phi) is 5.33. The smallest absolute Gasteiger partial charge is 0.402 e. The van der Waals surface area contributed by atoms with Crippen LogP contribution >= 0.6 is 0 Å². The van der Waals surface area contributed by atoms with Crippen LogP contribution < -0.4 is 9.44 Å². The summed E-state index contributed by atoms with van der Waals surface area (Å²) >= 11 is 0. The minimum Gasteiger partial charge on any atom is -0.478 e. The van der Waals surface area contributed by atoms with E-state index < -0.39 is 28.9 Å². The zero-order chi connectivity index (χ0) is 16.1. The largest absolute Gasteiger partial charge is 0.478 e. The Bertz CT molecular complexity index is 641. The van der Waals surface area contributed by atoms with Crippen LogP contribution in [-0.4, -0.2) is 32.2 Å². The Labute approximate surface area is 118 Å². The topological polar surface area (TPSA) is 95.5 Å². The molecule has 0 aliphatic heterocycles. The number of carboxylic acids is 1. The van der Waals surface area contributed by atoms with Gasteiger partial charge in [0.05, 0.1) is 5.69 Å². The maximum Gasteiger partial charge on any atom is 0.402 e. The highest BCUT2D eigenvalue weighted by Gasteiger charge is 2.29. The van der Waals surface area contributed by atoms with E-state index in [1.54, 1.807) is 0 Å². The molecule has 21 heavy (non-hydrogen) atoms. The fourth-order valence-electron chi connectivity index (χ4n) is 1.24. The normalized spacial score (nSPS) is 12.5. The van der Waals surface area contributed by atoms with Gasteiger partial charge < -0.3 is 5.11 Å². The Morgan fingerprint density at radius 3 is 2.57 bits per heavy atom. The Hall–Kier alpha value is -2.07. The van der Waals surface area contributed by atoms with Gasteiger partial charge in [-0.05, 0) is 23.8 Å². The minimum atomic E-state index is -4.67. The van der Waals surface area contributed by atoms with Crippen LogP contribution in [0.5, 0.6) is 0 Å². The molecule has 0 unspecified atom stereocenters. The first-order chi connectivity index (χ1) is 9.57. The molecule has 116 valence electrons. The van der Waals surface area contributed by atoms with Crippen molar-refractivity contribution >= 4 is 27.9 Å². The summed E-state index contributed by atoms with van der Waals surface area (Å²) in [4.78, 5) is 10.4. The summed E-state index contributed by atoms with van der Waals surface area (Å²) in [5, 5.41) is 8.46. The summed E-state index contributed by atoms with van der Waals surface area (Å²) in [7, 11) is -4.38. The van der Waals surface area contributed by atoms with Gasteiger partial charge in [-0.25, -0.2) is 4.79 Å². The lowest BCUT2D eigenvalue weighted by atomic mass is 10.2. The first-order valence-electron chi connectivity index (χ1n) is 5.43. The van der Waals surface area contributed by atoms with Crippen molar-refractivity contribution in [1.82, 2.24) is 4.72 Å². The number of halogens is 3. The van der Waals surface area contributed by atoms with Crippen molar-refractivity contribution in [2.45, 2.75) is 6.18 Å². The number of hydrogen-bond donors (Lipinski definition) is 3. The van der Waals surface area contributed by atoms with Gasteiger partial charge in [-0.1, -0.05) is 12.1 Å². The molecular weight excluding hydrogens is 313 g/mol. The molecule has 0 spiro atoms. The van der Waals surface area contributed by atoms with E-state index in [9.17, 15) is 26.4 Å². The zero-order valence-electron chi connectivity index (χ0n) is 10.4. The second-order valence-electron chi connectivity index (χ2n) is 3.84. The molecule has 1 rings (SSSR count). The van der Waals surface area contributed by atoms with E-state index in [0.717, 1.165) is 6.08 Å². The summed E-state index contributed by atoms with van der Waals surface area (Å²) in [5.74, 6) is -1.19. The number of nitrogens with one attached hydrogen (secondary N) is 2. The minimum absolute atomic E-state index is 0.00258.